The van der Waals surface area contributed by atoms with E-state index >= 15 is 0 Å². The third-order valence-electron chi connectivity index (χ3n) is 4.49. The zero-order valence-electron chi connectivity index (χ0n) is 14.3. The van der Waals surface area contributed by atoms with Crippen LogP contribution in [0.5, 0.6) is 0 Å². The Morgan fingerprint density at radius 2 is 1.91 bits per heavy atom. The highest BCUT2D eigenvalue weighted by Gasteiger charge is 2.23. The first-order valence-electron chi connectivity index (χ1n) is 8.38. The normalized spacial score (nSPS) is 16.5. The minimum atomic E-state index is -0.109. The monoisotopic (exact) mass is 317 g/mol. The maximum atomic E-state index is 12.4. The minimum absolute atomic E-state index is 0.0330. The first-order valence-corrected chi connectivity index (χ1v) is 8.38. The highest BCUT2D eigenvalue weighted by Crippen LogP contribution is 2.22. The van der Waals surface area contributed by atoms with Crippen LogP contribution in [-0.2, 0) is 4.79 Å². The molecule has 5 nitrogen and oxygen atoms in total. The standard InChI is InChI=1S/C18H27N3O2/c1-13(15-8-7-9-16(12-15)20-14(2)22)19-18(23)21(3)17-10-5-4-6-11-17/h7-9,12-13,17H,4-6,10-11H2,1-3H3,(H,19,23)(H,20,22)/t13-/m1/s1. The van der Waals surface area contributed by atoms with Crippen LogP contribution in [0, 0.1) is 0 Å². The second-order valence-electron chi connectivity index (χ2n) is 6.38. The average molecular weight is 317 g/mol. The third kappa shape index (κ3) is 4.98. The molecule has 0 aliphatic heterocycles. The SMILES string of the molecule is CC(=O)Nc1cccc([C@@H](C)NC(=O)N(C)C2CCCCC2)c1. The highest BCUT2D eigenvalue weighted by atomic mass is 16.2. The zero-order chi connectivity index (χ0) is 16.8. The average Bonchev–Trinajstić information content (AvgIpc) is 2.54. The largest absolute Gasteiger partial charge is 0.331 e. The molecule has 0 unspecified atom stereocenters. The molecule has 0 heterocycles. The number of amides is 3. The van der Waals surface area contributed by atoms with Gasteiger partial charge in [0.25, 0.3) is 0 Å². The van der Waals surface area contributed by atoms with Gasteiger partial charge in [-0.3, -0.25) is 4.79 Å². The van der Waals surface area contributed by atoms with Gasteiger partial charge in [0, 0.05) is 25.7 Å². The molecule has 0 saturated heterocycles. The van der Waals surface area contributed by atoms with Crippen LogP contribution < -0.4 is 10.6 Å². The van der Waals surface area contributed by atoms with Gasteiger partial charge in [-0.25, -0.2) is 4.79 Å². The van der Waals surface area contributed by atoms with Gasteiger partial charge in [-0.2, -0.15) is 0 Å². The summed E-state index contributed by atoms with van der Waals surface area (Å²) < 4.78 is 0. The summed E-state index contributed by atoms with van der Waals surface area (Å²) in [5.74, 6) is -0.101. The number of anilines is 1. The van der Waals surface area contributed by atoms with Gasteiger partial charge in [-0.15, -0.1) is 0 Å². The van der Waals surface area contributed by atoms with E-state index in [0.29, 0.717) is 6.04 Å². The van der Waals surface area contributed by atoms with Crippen molar-refractivity contribution in [3.63, 3.8) is 0 Å². The summed E-state index contributed by atoms with van der Waals surface area (Å²) in [6.45, 7) is 3.44. The fourth-order valence-corrected chi connectivity index (χ4v) is 3.09. The van der Waals surface area contributed by atoms with Crippen molar-refractivity contribution in [2.75, 3.05) is 12.4 Å². The number of benzene rings is 1. The fraction of sp³-hybridized carbons (Fsp3) is 0.556. The van der Waals surface area contributed by atoms with Crippen molar-refractivity contribution in [1.82, 2.24) is 10.2 Å². The second kappa shape index (κ2) is 7.99. The van der Waals surface area contributed by atoms with Crippen molar-refractivity contribution in [2.45, 2.75) is 58.0 Å². The lowest BCUT2D eigenvalue weighted by atomic mass is 9.95. The summed E-state index contributed by atoms with van der Waals surface area (Å²) in [7, 11) is 1.88. The van der Waals surface area contributed by atoms with Crippen molar-refractivity contribution in [3.8, 4) is 0 Å². The van der Waals surface area contributed by atoms with E-state index < -0.39 is 0 Å². The van der Waals surface area contributed by atoms with Crippen LogP contribution in [0.3, 0.4) is 0 Å². The van der Waals surface area contributed by atoms with Crippen LogP contribution in [0.4, 0.5) is 10.5 Å². The molecule has 3 amide bonds. The predicted molar refractivity (Wildman–Crippen MR) is 92.3 cm³/mol. The second-order valence-corrected chi connectivity index (χ2v) is 6.38. The number of rotatable bonds is 4. The summed E-state index contributed by atoms with van der Waals surface area (Å²) >= 11 is 0. The Bertz CT molecular complexity index is 553. The van der Waals surface area contributed by atoms with Crippen molar-refractivity contribution in [1.29, 1.82) is 0 Å². The molecule has 1 atom stereocenters. The quantitative estimate of drug-likeness (QED) is 0.890. The van der Waals surface area contributed by atoms with Gasteiger partial charge in [-0.1, -0.05) is 31.4 Å². The zero-order valence-corrected chi connectivity index (χ0v) is 14.3. The Morgan fingerprint density at radius 1 is 1.22 bits per heavy atom. The van der Waals surface area contributed by atoms with Crippen molar-refractivity contribution in [3.05, 3.63) is 29.8 Å². The van der Waals surface area contributed by atoms with E-state index in [-0.39, 0.29) is 18.0 Å². The molecule has 0 bridgehead atoms. The van der Waals surface area contributed by atoms with Crippen LogP contribution in [-0.4, -0.2) is 29.9 Å². The number of urea groups is 1. The Balaban J connectivity index is 1.96. The van der Waals surface area contributed by atoms with Gasteiger partial charge in [0.2, 0.25) is 5.91 Å². The minimum Gasteiger partial charge on any atom is -0.331 e. The Hall–Kier alpha value is -2.04. The van der Waals surface area contributed by atoms with E-state index in [1.807, 2.05) is 43.1 Å². The van der Waals surface area contributed by atoms with Crippen LogP contribution in [0.2, 0.25) is 0 Å². The lowest BCUT2D eigenvalue weighted by Gasteiger charge is -2.32. The number of nitrogens with one attached hydrogen (secondary N) is 2. The predicted octanol–water partition coefficient (Wildman–Crippen LogP) is 3.68. The maximum Gasteiger partial charge on any atom is 0.317 e. The third-order valence-corrected chi connectivity index (χ3v) is 4.49. The van der Waals surface area contributed by atoms with Gasteiger partial charge >= 0.3 is 6.03 Å². The number of nitrogens with zero attached hydrogens (tertiary/aromatic N) is 1. The van der Waals surface area contributed by atoms with Gasteiger partial charge in [-0.05, 0) is 37.5 Å². The molecule has 1 aromatic carbocycles. The topological polar surface area (TPSA) is 61.4 Å². The smallest absolute Gasteiger partial charge is 0.317 e. The molecular weight excluding hydrogens is 290 g/mol. The number of hydrogen-bond acceptors (Lipinski definition) is 2. The molecule has 0 aromatic heterocycles. The molecule has 0 radical (unpaired) electrons. The van der Waals surface area contributed by atoms with Crippen LogP contribution in [0.15, 0.2) is 24.3 Å². The molecule has 2 N–H and O–H groups in total. The van der Waals surface area contributed by atoms with E-state index in [2.05, 4.69) is 10.6 Å². The molecule has 1 saturated carbocycles. The van der Waals surface area contributed by atoms with E-state index in [4.69, 9.17) is 0 Å². The van der Waals surface area contributed by atoms with Crippen LogP contribution in [0.25, 0.3) is 0 Å². The molecular formula is C18H27N3O2. The molecule has 23 heavy (non-hydrogen) atoms. The summed E-state index contributed by atoms with van der Waals surface area (Å²) in [5.41, 5.74) is 1.72. The van der Waals surface area contributed by atoms with E-state index in [9.17, 15) is 9.59 Å². The van der Waals surface area contributed by atoms with Crippen molar-refractivity contribution >= 4 is 17.6 Å². The molecule has 0 spiro atoms. The summed E-state index contributed by atoms with van der Waals surface area (Å²) in [6, 6.07) is 7.78. The molecule has 1 aromatic rings. The highest BCUT2D eigenvalue weighted by molar-refractivity contribution is 5.88. The molecule has 1 aliphatic carbocycles. The van der Waals surface area contributed by atoms with Gasteiger partial charge in [0.05, 0.1) is 6.04 Å². The van der Waals surface area contributed by atoms with Crippen LogP contribution >= 0.6 is 0 Å². The maximum absolute atomic E-state index is 12.4. The van der Waals surface area contributed by atoms with Crippen molar-refractivity contribution < 1.29 is 9.59 Å². The molecule has 1 aliphatic rings. The lowest BCUT2D eigenvalue weighted by Crippen LogP contribution is -2.45. The first kappa shape index (κ1) is 17.3. The van der Waals surface area contributed by atoms with Gasteiger partial charge in [0.15, 0.2) is 0 Å². The summed E-state index contributed by atoms with van der Waals surface area (Å²) in [4.78, 5) is 25.4. The van der Waals surface area contributed by atoms with Gasteiger partial charge < -0.3 is 15.5 Å². The Labute approximate surface area is 138 Å². The Kier molecular flexibility index (Phi) is 6.02. The van der Waals surface area contributed by atoms with E-state index in [1.165, 1.54) is 26.2 Å². The molecule has 1 fully saturated rings. The molecule has 126 valence electrons. The number of carbonyl (C=O) groups is 2. The molecule has 5 heteroatoms. The van der Waals surface area contributed by atoms with E-state index in [1.54, 1.807) is 0 Å². The first-order chi connectivity index (χ1) is 11.0. The summed E-state index contributed by atoms with van der Waals surface area (Å²) in [5, 5.41) is 5.81. The number of carbonyl (C=O) groups excluding carboxylic acids is 2. The van der Waals surface area contributed by atoms with Crippen LogP contribution in [0.1, 0.15) is 57.6 Å². The van der Waals surface area contributed by atoms with Crippen molar-refractivity contribution in [2.24, 2.45) is 0 Å². The van der Waals surface area contributed by atoms with Gasteiger partial charge in [0.1, 0.15) is 0 Å². The Morgan fingerprint density at radius 3 is 2.57 bits per heavy atom. The number of hydrogen-bond donors (Lipinski definition) is 2. The fourth-order valence-electron chi connectivity index (χ4n) is 3.09. The van der Waals surface area contributed by atoms with E-state index in [0.717, 1.165) is 24.1 Å². The molecule has 2 rings (SSSR count). The summed E-state index contributed by atoms with van der Waals surface area (Å²) in [6.07, 6.45) is 5.87. The lowest BCUT2D eigenvalue weighted by molar-refractivity contribution is -0.114.